The molecule has 0 bridgehead atoms. The summed E-state index contributed by atoms with van der Waals surface area (Å²) >= 11 is 1.53. The number of thioether (sulfide) groups is 1. The lowest BCUT2D eigenvalue weighted by atomic mass is 10.2. The van der Waals surface area contributed by atoms with Gasteiger partial charge in [-0.15, -0.1) is 11.8 Å². The molecule has 4 nitrogen and oxygen atoms in total. The van der Waals surface area contributed by atoms with Crippen molar-refractivity contribution in [1.82, 2.24) is 4.90 Å². The molecule has 0 atom stereocenters. The van der Waals surface area contributed by atoms with Crippen LogP contribution in [0.25, 0.3) is 0 Å². The van der Waals surface area contributed by atoms with Gasteiger partial charge in [-0.2, -0.15) is 0 Å². The van der Waals surface area contributed by atoms with Crippen LogP contribution >= 0.6 is 11.8 Å². The first-order valence-electron chi connectivity index (χ1n) is 6.96. The number of esters is 1. The number of hydrogen-bond acceptors (Lipinski definition) is 4. The summed E-state index contributed by atoms with van der Waals surface area (Å²) < 4.78 is 5.08. The highest BCUT2D eigenvalue weighted by Crippen LogP contribution is 2.22. The largest absolute Gasteiger partial charge is 0.455 e. The summed E-state index contributed by atoms with van der Waals surface area (Å²) in [7, 11) is 0. The molecule has 0 saturated carbocycles. The Labute approximate surface area is 120 Å². The van der Waals surface area contributed by atoms with Gasteiger partial charge < -0.3 is 9.64 Å². The van der Waals surface area contributed by atoms with Crippen molar-refractivity contribution in [1.29, 1.82) is 0 Å². The predicted molar refractivity (Wildman–Crippen MR) is 78.2 cm³/mol. The summed E-state index contributed by atoms with van der Waals surface area (Å²) in [5.41, 5.74) is 0. The molecule has 1 saturated heterocycles. The average molecular weight is 287 g/mol. The first-order chi connectivity index (χ1) is 8.88. The van der Waals surface area contributed by atoms with E-state index in [-0.39, 0.29) is 23.2 Å². The third-order valence-electron chi connectivity index (χ3n) is 2.94. The molecule has 0 aromatic carbocycles. The number of carbonyl (C=O) groups is 2. The van der Waals surface area contributed by atoms with E-state index in [2.05, 4.69) is 0 Å². The van der Waals surface area contributed by atoms with E-state index in [4.69, 9.17) is 4.74 Å². The zero-order valence-corrected chi connectivity index (χ0v) is 13.1. The number of likely N-dealkylation sites (tertiary alicyclic amines) is 1. The second-order valence-corrected chi connectivity index (χ2v) is 7.66. The highest BCUT2D eigenvalue weighted by Gasteiger charge is 2.18. The minimum absolute atomic E-state index is 0.0355. The Balaban J connectivity index is 2.23. The van der Waals surface area contributed by atoms with Gasteiger partial charge >= 0.3 is 5.97 Å². The molecule has 19 heavy (non-hydrogen) atoms. The van der Waals surface area contributed by atoms with Crippen LogP contribution in [0.5, 0.6) is 0 Å². The van der Waals surface area contributed by atoms with Gasteiger partial charge in [-0.05, 0) is 12.8 Å². The molecule has 0 radical (unpaired) electrons. The van der Waals surface area contributed by atoms with E-state index in [9.17, 15) is 9.59 Å². The Morgan fingerprint density at radius 1 is 1.11 bits per heavy atom. The van der Waals surface area contributed by atoms with Crippen LogP contribution in [0.1, 0.15) is 46.5 Å². The molecule has 0 N–H and O–H groups in total. The highest BCUT2D eigenvalue weighted by atomic mass is 32.2. The Morgan fingerprint density at radius 2 is 1.68 bits per heavy atom. The SMILES string of the molecule is CC(C)(C)SCC(=O)OCC(=O)N1CCCCCC1. The van der Waals surface area contributed by atoms with Crippen molar-refractivity contribution in [2.75, 3.05) is 25.4 Å². The van der Waals surface area contributed by atoms with Gasteiger partial charge in [-0.3, -0.25) is 9.59 Å². The van der Waals surface area contributed by atoms with E-state index >= 15 is 0 Å². The smallest absolute Gasteiger partial charge is 0.316 e. The maximum atomic E-state index is 11.9. The van der Waals surface area contributed by atoms with Gasteiger partial charge in [0.15, 0.2) is 6.61 Å². The molecule has 5 heteroatoms. The third-order valence-corrected chi connectivity index (χ3v) is 4.18. The normalized spacial score (nSPS) is 16.9. The van der Waals surface area contributed by atoms with Crippen molar-refractivity contribution < 1.29 is 14.3 Å². The van der Waals surface area contributed by atoms with E-state index in [1.54, 1.807) is 0 Å². The fourth-order valence-corrected chi connectivity index (χ4v) is 2.50. The van der Waals surface area contributed by atoms with Crippen LogP contribution in [0.3, 0.4) is 0 Å². The molecular formula is C14H25NO3S. The molecule has 1 aliphatic rings. The molecule has 0 unspecified atom stereocenters. The third kappa shape index (κ3) is 7.45. The van der Waals surface area contributed by atoms with E-state index in [1.165, 1.54) is 24.6 Å². The van der Waals surface area contributed by atoms with E-state index < -0.39 is 0 Å². The van der Waals surface area contributed by atoms with Gasteiger partial charge in [-0.25, -0.2) is 0 Å². The number of hydrogen-bond donors (Lipinski definition) is 0. The second-order valence-electron chi connectivity index (χ2n) is 5.86. The number of nitrogens with zero attached hydrogens (tertiary/aromatic N) is 1. The molecule has 1 amide bonds. The van der Waals surface area contributed by atoms with Gasteiger partial charge in [0.1, 0.15) is 0 Å². The molecular weight excluding hydrogens is 262 g/mol. The maximum Gasteiger partial charge on any atom is 0.316 e. The van der Waals surface area contributed by atoms with Crippen LogP contribution in [0.2, 0.25) is 0 Å². The first-order valence-corrected chi connectivity index (χ1v) is 7.94. The van der Waals surface area contributed by atoms with Crippen molar-refractivity contribution in [3.63, 3.8) is 0 Å². The molecule has 1 aliphatic heterocycles. The van der Waals surface area contributed by atoms with Crippen molar-refractivity contribution in [3.8, 4) is 0 Å². The van der Waals surface area contributed by atoms with Crippen molar-refractivity contribution in [2.24, 2.45) is 0 Å². The van der Waals surface area contributed by atoms with E-state index in [1.807, 2.05) is 25.7 Å². The second kappa shape index (κ2) is 7.78. The topological polar surface area (TPSA) is 46.6 Å². The molecule has 0 aromatic rings. The van der Waals surface area contributed by atoms with Crippen LogP contribution in [-0.4, -0.2) is 47.0 Å². The molecule has 0 aliphatic carbocycles. The molecule has 110 valence electrons. The number of ether oxygens (including phenoxy) is 1. The summed E-state index contributed by atoms with van der Waals surface area (Å²) in [6.07, 6.45) is 4.48. The fraction of sp³-hybridized carbons (Fsp3) is 0.857. The average Bonchev–Trinajstić information content (AvgIpc) is 2.61. The van der Waals surface area contributed by atoms with Crippen LogP contribution in [0.15, 0.2) is 0 Å². The van der Waals surface area contributed by atoms with Gasteiger partial charge in [0.05, 0.1) is 5.75 Å². The Morgan fingerprint density at radius 3 is 2.21 bits per heavy atom. The molecule has 0 spiro atoms. The van der Waals surface area contributed by atoms with Crippen molar-refractivity contribution in [3.05, 3.63) is 0 Å². The summed E-state index contributed by atoms with van der Waals surface area (Å²) in [4.78, 5) is 25.2. The molecule has 1 fully saturated rings. The van der Waals surface area contributed by atoms with E-state index in [0.29, 0.717) is 5.75 Å². The monoisotopic (exact) mass is 287 g/mol. The molecule has 0 aromatic heterocycles. The van der Waals surface area contributed by atoms with Crippen molar-refractivity contribution >= 4 is 23.6 Å². The van der Waals surface area contributed by atoms with Gasteiger partial charge in [0.25, 0.3) is 5.91 Å². The standard InChI is InChI=1S/C14H25NO3S/c1-14(2,3)19-11-13(17)18-10-12(16)15-8-6-4-5-7-9-15/h4-11H2,1-3H3. The number of rotatable bonds is 4. The summed E-state index contributed by atoms with van der Waals surface area (Å²) in [6, 6.07) is 0. The van der Waals surface area contributed by atoms with E-state index in [0.717, 1.165) is 25.9 Å². The quantitative estimate of drug-likeness (QED) is 0.745. The minimum atomic E-state index is -0.303. The molecule has 1 rings (SSSR count). The number of amides is 1. The zero-order chi connectivity index (χ0) is 14.3. The lowest BCUT2D eigenvalue weighted by Crippen LogP contribution is -2.35. The Bertz CT molecular complexity index is 304. The predicted octanol–water partition coefficient (Wildman–Crippen LogP) is 2.46. The van der Waals surface area contributed by atoms with Gasteiger partial charge in [0.2, 0.25) is 0 Å². The number of carbonyl (C=O) groups excluding carboxylic acids is 2. The summed E-state index contributed by atoms with van der Waals surface area (Å²) in [6.45, 7) is 7.64. The van der Waals surface area contributed by atoms with Gasteiger partial charge in [0, 0.05) is 17.8 Å². The minimum Gasteiger partial charge on any atom is -0.455 e. The van der Waals surface area contributed by atoms with Crippen LogP contribution in [0.4, 0.5) is 0 Å². The van der Waals surface area contributed by atoms with Crippen LogP contribution in [-0.2, 0) is 14.3 Å². The molecule has 1 heterocycles. The Kier molecular flexibility index (Phi) is 6.69. The lowest BCUT2D eigenvalue weighted by Gasteiger charge is -2.20. The van der Waals surface area contributed by atoms with Crippen LogP contribution in [0, 0.1) is 0 Å². The fourth-order valence-electron chi connectivity index (χ4n) is 1.87. The highest BCUT2D eigenvalue weighted by molar-refractivity contribution is 8.01. The zero-order valence-electron chi connectivity index (χ0n) is 12.2. The Hall–Kier alpha value is -0.710. The first kappa shape index (κ1) is 16.3. The van der Waals surface area contributed by atoms with Crippen LogP contribution < -0.4 is 0 Å². The van der Waals surface area contributed by atoms with Gasteiger partial charge in [-0.1, -0.05) is 33.6 Å². The maximum absolute atomic E-state index is 11.9. The summed E-state index contributed by atoms with van der Waals surface area (Å²) in [5.74, 6) is -0.0596. The summed E-state index contributed by atoms with van der Waals surface area (Å²) in [5, 5.41) is 0. The lowest BCUT2D eigenvalue weighted by molar-refractivity contribution is -0.149. The van der Waals surface area contributed by atoms with Crippen molar-refractivity contribution in [2.45, 2.75) is 51.2 Å².